The van der Waals surface area contributed by atoms with E-state index in [1.165, 1.54) is 12.1 Å². The monoisotopic (exact) mass is 553 g/mol. The minimum atomic E-state index is -1.29. The van der Waals surface area contributed by atoms with Crippen LogP contribution in [0.15, 0.2) is 29.3 Å². The van der Waals surface area contributed by atoms with E-state index in [9.17, 15) is 29.4 Å². The third-order valence-corrected chi connectivity index (χ3v) is 6.31. The summed E-state index contributed by atoms with van der Waals surface area (Å²) in [5, 5.41) is 26.5. The number of carboxylic acids is 1. The van der Waals surface area contributed by atoms with Crippen molar-refractivity contribution in [2.75, 3.05) is 12.3 Å². The number of phenols is 1. The van der Waals surface area contributed by atoms with Crippen LogP contribution in [0.3, 0.4) is 0 Å². The Morgan fingerprint density at radius 3 is 2.05 bits per heavy atom. The summed E-state index contributed by atoms with van der Waals surface area (Å²) >= 11 is 3.96. The van der Waals surface area contributed by atoms with E-state index in [-0.39, 0.29) is 42.8 Å². The fourth-order valence-electron chi connectivity index (χ4n) is 3.36. The van der Waals surface area contributed by atoms with Crippen molar-refractivity contribution in [3.05, 3.63) is 29.8 Å². The van der Waals surface area contributed by atoms with Gasteiger partial charge in [-0.1, -0.05) is 32.4 Å². The largest absolute Gasteiger partial charge is 0.508 e. The predicted octanol–water partition coefficient (Wildman–Crippen LogP) is -1.17. The zero-order valence-corrected chi connectivity index (χ0v) is 22.5. The first kappa shape index (κ1) is 32.5. The number of hydrogen-bond acceptors (Lipinski definition) is 8. The molecule has 0 bridgehead atoms. The molecule has 1 aromatic carbocycles. The van der Waals surface area contributed by atoms with Crippen molar-refractivity contribution in [3.63, 3.8) is 0 Å². The summed E-state index contributed by atoms with van der Waals surface area (Å²) in [5.41, 5.74) is 17.3. The number of benzene rings is 1. The molecule has 3 amide bonds. The number of aliphatic imine (C=N–C) groups is 1. The van der Waals surface area contributed by atoms with Gasteiger partial charge in [0.15, 0.2) is 5.96 Å². The van der Waals surface area contributed by atoms with E-state index in [1.807, 2.05) is 13.8 Å². The predicted molar refractivity (Wildman–Crippen MR) is 146 cm³/mol. The van der Waals surface area contributed by atoms with E-state index >= 15 is 0 Å². The Morgan fingerprint density at radius 2 is 1.53 bits per heavy atom. The number of nitrogens with zero attached hydrogens (tertiary/aromatic N) is 1. The molecule has 1 rings (SSSR count). The van der Waals surface area contributed by atoms with Gasteiger partial charge >= 0.3 is 5.97 Å². The average Bonchev–Trinajstić information content (AvgIpc) is 2.88. The highest BCUT2D eigenvalue weighted by Gasteiger charge is 2.30. The van der Waals surface area contributed by atoms with E-state index in [0.717, 1.165) is 0 Å². The number of rotatable bonds is 16. The topological polar surface area (TPSA) is 235 Å². The van der Waals surface area contributed by atoms with Crippen LogP contribution in [0, 0.1) is 5.92 Å². The van der Waals surface area contributed by atoms with Crippen LogP contribution in [0.2, 0.25) is 0 Å². The lowest BCUT2D eigenvalue weighted by atomic mass is 9.98. The van der Waals surface area contributed by atoms with Gasteiger partial charge in [-0.3, -0.25) is 19.4 Å². The maximum Gasteiger partial charge on any atom is 0.327 e. The van der Waals surface area contributed by atoms with Crippen LogP contribution in [0.25, 0.3) is 0 Å². The average molecular weight is 554 g/mol. The molecule has 5 atom stereocenters. The van der Waals surface area contributed by atoms with Crippen LogP contribution in [-0.4, -0.2) is 76.3 Å². The fourth-order valence-corrected chi connectivity index (χ4v) is 3.61. The molecule has 0 saturated heterocycles. The molecule has 0 fully saturated rings. The number of aromatic hydroxyl groups is 1. The summed E-state index contributed by atoms with van der Waals surface area (Å²) < 4.78 is 0. The third kappa shape index (κ3) is 11.3. The summed E-state index contributed by atoms with van der Waals surface area (Å²) in [7, 11) is 0. The number of carbonyl (C=O) groups is 4. The zero-order valence-electron chi connectivity index (χ0n) is 21.6. The second-order valence-corrected chi connectivity index (χ2v) is 9.30. The molecule has 0 aliphatic rings. The zero-order chi connectivity index (χ0) is 28.8. The van der Waals surface area contributed by atoms with E-state index in [2.05, 4.69) is 33.6 Å². The summed E-state index contributed by atoms with van der Waals surface area (Å²) in [6.45, 7) is 3.91. The lowest BCUT2D eigenvalue weighted by Gasteiger charge is -2.26. The molecule has 1 aromatic rings. The molecule has 0 heterocycles. The van der Waals surface area contributed by atoms with Gasteiger partial charge in [0, 0.05) is 18.7 Å². The van der Waals surface area contributed by atoms with Crippen molar-refractivity contribution in [1.82, 2.24) is 16.0 Å². The fraction of sp³-hybridized carbons (Fsp3) is 0.542. The Kier molecular flexibility index (Phi) is 14.0. The number of amides is 3. The second-order valence-electron chi connectivity index (χ2n) is 8.94. The molecule has 0 aliphatic heterocycles. The van der Waals surface area contributed by atoms with Gasteiger partial charge in [-0.2, -0.15) is 12.6 Å². The first-order chi connectivity index (χ1) is 17.9. The van der Waals surface area contributed by atoms with Crippen LogP contribution in [0.1, 0.15) is 38.7 Å². The molecule has 11 N–H and O–H groups in total. The maximum atomic E-state index is 13.3. The molecule has 0 radical (unpaired) electrons. The SMILES string of the molecule is CCC(C)C(N)C(=O)NC(CCCN=C(N)N)C(=O)NC(Cc1ccc(O)cc1)C(=O)NC(CS)C(=O)O. The molecule has 0 aromatic heterocycles. The number of nitrogens with one attached hydrogen (secondary N) is 3. The second kappa shape index (κ2) is 16.3. The Hall–Kier alpha value is -3.52. The number of nitrogens with two attached hydrogens (primary N) is 3. The minimum Gasteiger partial charge on any atom is -0.508 e. The molecule has 38 heavy (non-hydrogen) atoms. The highest BCUT2D eigenvalue weighted by Crippen LogP contribution is 2.13. The molecular weight excluding hydrogens is 514 g/mol. The van der Waals surface area contributed by atoms with Gasteiger partial charge in [-0.15, -0.1) is 0 Å². The van der Waals surface area contributed by atoms with Gasteiger partial charge in [0.2, 0.25) is 17.7 Å². The molecule has 212 valence electrons. The van der Waals surface area contributed by atoms with Crippen molar-refractivity contribution in [2.24, 2.45) is 28.1 Å². The standard InChI is InChI=1S/C24H39N7O6S/c1-3-13(2)19(25)22(35)29-16(5-4-10-28-24(26)27)20(33)30-17(11-14-6-8-15(32)9-7-14)21(34)31-18(12-38)23(36)37/h6-9,13,16-19,32,38H,3-5,10-12,25H2,1-2H3,(H,29,35)(H,30,33)(H,31,34)(H,36,37)(H4,26,27,28). The number of hydrogen-bond donors (Lipinski definition) is 9. The Labute approximate surface area is 227 Å². The van der Waals surface area contributed by atoms with Gasteiger partial charge in [0.25, 0.3) is 0 Å². The molecule has 14 heteroatoms. The van der Waals surface area contributed by atoms with Crippen LogP contribution in [0.5, 0.6) is 5.75 Å². The maximum absolute atomic E-state index is 13.3. The highest BCUT2D eigenvalue weighted by atomic mass is 32.1. The number of guanidine groups is 1. The molecule has 0 saturated carbocycles. The van der Waals surface area contributed by atoms with Gasteiger partial charge in [0.1, 0.15) is 23.9 Å². The van der Waals surface area contributed by atoms with Crippen LogP contribution < -0.4 is 33.2 Å². The lowest BCUT2D eigenvalue weighted by Crippen LogP contribution is -2.58. The Morgan fingerprint density at radius 1 is 0.974 bits per heavy atom. The normalized spacial score (nSPS) is 14.7. The Balaban J connectivity index is 3.16. The number of thiol groups is 1. The van der Waals surface area contributed by atoms with Gasteiger partial charge in [-0.25, -0.2) is 4.79 Å². The first-order valence-electron chi connectivity index (χ1n) is 12.2. The van der Waals surface area contributed by atoms with Gasteiger partial charge in [-0.05, 0) is 36.5 Å². The van der Waals surface area contributed by atoms with Crippen molar-refractivity contribution in [1.29, 1.82) is 0 Å². The van der Waals surface area contributed by atoms with Crippen LogP contribution in [0.4, 0.5) is 0 Å². The first-order valence-corrected chi connectivity index (χ1v) is 12.9. The van der Waals surface area contributed by atoms with E-state index in [1.54, 1.807) is 12.1 Å². The lowest BCUT2D eigenvalue weighted by molar-refractivity contribution is -0.141. The van der Waals surface area contributed by atoms with Crippen molar-refractivity contribution in [2.45, 2.75) is 63.7 Å². The number of carbonyl (C=O) groups excluding carboxylic acids is 3. The quantitative estimate of drug-likeness (QED) is 0.0518. The highest BCUT2D eigenvalue weighted by molar-refractivity contribution is 7.80. The number of phenolic OH excluding ortho intramolecular Hbond substituents is 1. The van der Waals surface area contributed by atoms with Crippen molar-refractivity contribution >= 4 is 42.3 Å². The summed E-state index contributed by atoms with van der Waals surface area (Å²) in [4.78, 5) is 54.4. The van der Waals surface area contributed by atoms with Crippen molar-refractivity contribution < 1.29 is 29.4 Å². The van der Waals surface area contributed by atoms with Crippen LogP contribution in [-0.2, 0) is 25.6 Å². The molecule has 13 nitrogen and oxygen atoms in total. The summed E-state index contributed by atoms with van der Waals surface area (Å²) in [6, 6.07) is 1.57. The summed E-state index contributed by atoms with van der Waals surface area (Å²) in [5.74, 6) is -3.64. The number of carboxylic acid groups (broad SMARTS) is 1. The van der Waals surface area contributed by atoms with Gasteiger partial charge < -0.3 is 43.4 Å². The summed E-state index contributed by atoms with van der Waals surface area (Å²) in [6.07, 6.45) is 1.12. The number of aliphatic carboxylic acids is 1. The smallest absolute Gasteiger partial charge is 0.327 e. The molecular formula is C24H39N7O6S. The van der Waals surface area contributed by atoms with Crippen LogP contribution >= 0.6 is 12.6 Å². The molecule has 5 unspecified atom stereocenters. The van der Waals surface area contributed by atoms with Crippen molar-refractivity contribution in [3.8, 4) is 5.75 Å². The van der Waals surface area contributed by atoms with E-state index < -0.39 is 47.9 Å². The third-order valence-electron chi connectivity index (χ3n) is 5.94. The molecule has 0 aliphatic carbocycles. The molecule has 0 spiro atoms. The Bertz CT molecular complexity index is 972. The minimum absolute atomic E-state index is 0.0148. The van der Waals surface area contributed by atoms with E-state index in [0.29, 0.717) is 18.4 Å². The van der Waals surface area contributed by atoms with E-state index in [4.69, 9.17) is 17.2 Å². The van der Waals surface area contributed by atoms with Gasteiger partial charge in [0.05, 0.1) is 6.04 Å².